The zero-order valence-corrected chi connectivity index (χ0v) is 13.6. The number of alkyl carbamates (subject to hydrolysis) is 1. The number of nitrogens with one attached hydrogen (secondary N) is 2. The number of hydrogen-bond acceptors (Lipinski definition) is 2. The first-order valence-electron chi connectivity index (χ1n) is 7.63. The molecule has 4 nitrogen and oxygen atoms in total. The third-order valence-corrected chi connectivity index (χ3v) is 3.79. The van der Waals surface area contributed by atoms with Gasteiger partial charge in [0, 0.05) is 18.1 Å². The number of aromatic nitrogens is 1. The van der Waals surface area contributed by atoms with E-state index in [0.29, 0.717) is 18.4 Å². The molecule has 0 aromatic carbocycles. The van der Waals surface area contributed by atoms with Crippen molar-refractivity contribution in [1.82, 2.24) is 10.3 Å². The zero-order valence-electron chi connectivity index (χ0n) is 13.6. The maximum atomic E-state index is 11.6. The van der Waals surface area contributed by atoms with Gasteiger partial charge in [0.2, 0.25) is 0 Å². The summed E-state index contributed by atoms with van der Waals surface area (Å²) in [7, 11) is 0. The summed E-state index contributed by atoms with van der Waals surface area (Å²) >= 11 is 0. The predicted octanol–water partition coefficient (Wildman–Crippen LogP) is 1.93. The van der Waals surface area contributed by atoms with Crippen molar-refractivity contribution in [3.05, 3.63) is 22.3 Å². The minimum atomic E-state index is -0.453. The number of rotatable bonds is 3. The largest absolute Gasteiger partial charge is 0.444 e. The lowest BCUT2D eigenvalue weighted by atomic mass is 9.90. The van der Waals surface area contributed by atoms with Gasteiger partial charge in [-0.3, -0.25) is 0 Å². The van der Waals surface area contributed by atoms with Crippen LogP contribution < -0.4 is 15.9 Å². The molecule has 0 saturated carbocycles. The second kappa shape index (κ2) is 5.96. The van der Waals surface area contributed by atoms with E-state index in [9.17, 15) is 4.79 Å². The smallest absolute Gasteiger partial charge is 0.407 e. The number of H-pyrrole nitrogens is 1. The van der Waals surface area contributed by atoms with Gasteiger partial charge in [0.25, 0.3) is 0 Å². The minimum absolute atomic E-state index is 0.357. The summed E-state index contributed by atoms with van der Waals surface area (Å²) < 4.78 is 5.23. The summed E-state index contributed by atoms with van der Waals surface area (Å²) in [5.74, 6) is 1.11. The van der Waals surface area contributed by atoms with Gasteiger partial charge < -0.3 is 15.0 Å². The van der Waals surface area contributed by atoms with Gasteiger partial charge in [0.05, 0.1) is 0 Å². The van der Waals surface area contributed by atoms with E-state index in [1.165, 1.54) is 16.1 Å². The third kappa shape index (κ3) is 4.13. The molecule has 2 rings (SSSR count). The summed E-state index contributed by atoms with van der Waals surface area (Å²) in [6.45, 7) is 10.6. The Hall–Kier alpha value is -1.71. The monoisotopic (exact) mass is 290 g/mol. The van der Waals surface area contributed by atoms with Crippen LogP contribution in [-0.2, 0) is 11.2 Å². The Morgan fingerprint density at radius 1 is 1.29 bits per heavy atom. The Morgan fingerprint density at radius 2 is 1.95 bits per heavy atom. The predicted molar refractivity (Wildman–Crippen MR) is 85.2 cm³/mol. The number of carbonyl (C=O) groups excluding carboxylic acids is 1. The molecule has 0 spiro atoms. The normalized spacial score (nSPS) is 21.0. The van der Waals surface area contributed by atoms with Crippen molar-refractivity contribution in [3.8, 4) is 0 Å². The average molecular weight is 290 g/mol. The molecule has 2 N–H and O–H groups in total. The van der Waals surface area contributed by atoms with E-state index in [-0.39, 0.29) is 6.09 Å². The first-order chi connectivity index (χ1) is 9.76. The highest BCUT2D eigenvalue weighted by Gasteiger charge is 2.16. The van der Waals surface area contributed by atoms with Gasteiger partial charge in [-0.15, -0.1) is 0 Å². The van der Waals surface area contributed by atoms with Crippen LogP contribution in [0.1, 0.15) is 40.2 Å². The summed E-state index contributed by atoms with van der Waals surface area (Å²) in [6.07, 6.45) is 7.09. The van der Waals surface area contributed by atoms with E-state index < -0.39 is 5.60 Å². The maximum Gasteiger partial charge on any atom is 0.407 e. The fraction of sp³-hybridized carbons (Fsp3) is 0.588. The Kier molecular flexibility index (Phi) is 4.45. The van der Waals surface area contributed by atoms with Crippen molar-refractivity contribution in [2.45, 2.75) is 46.6 Å². The van der Waals surface area contributed by atoms with E-state index in [0.717, 1.165) is 6.42 Å². The zero-order chi connectivity index (χ0) is 15.6. The molecule has 1 amide bonds. The van der Waals surface area contributed by atoms with Crippen LogP contribution >= 0.6 is 0 Å². The summed E-state index contributed by atoms with van der Waals surface area (Å²) in [5, 5.41) is 5.29. The summed E-state index contributed by atoms with van der Waals surface area (Å²) in [6, 6.07) is 0. The Labute approximate surface area is 126 Å². The van der Waals surface area contributed by atoms with Gasteiger partial charge in [-0.1, -0.05) is 26.0 Å². The Bertz CT molecular complexity index is 622. The van der Waals surface area contributed by atoms with Crippen molar-refractivity contribution in [3.63, 3.8) is 0 Å². The number of hydrogen-bond donors (Lipinski definition) is 2. The molecule has 0 bridgehead atoms. The van der Waals surface area contributed by atoms with Gasteiger partial charge in [-0.25, -0.2) is 4.79 Å². The molecular weight excluding hydrogens is 264 g/mol. The second-order valence-electron chi connectivity index (χ2n) is 6.87. The Morgan fingerprint density at radius 3 is 2.62 bits per heavy atom. The number of ether oxygens (including phenoxy) is 1. The lowest BCUT2D eigenvalue weighted by Crippen LogP contribution is -2.35. The molecule has 4 heteroatoms. The highest BCUT2D eigenvalue weighted by Crippen LogP contribution is 2.15. The molecule has 116 valence electrons. The molecule has 0 saturated heterocycles. The standard InChI is InChI=1S/C17H26N2O2/c1-11-8-14-13(10-19-15(14)9-12(11)2)6-7-18-16(20)21-17(3,4)5/h8-12,19H,6-7H2,1-5H3,(H,18,20)/t11-,12?/m1/s1. The van der Waals surface area contributed by atoms with E-state index in [2.05, 4.69) is 36.3 Å². The van der Waals surface area contributed by atoms with E-state index in [1.54, 1.807) is 0 Å². The highest BCUT2D eigenvalue weighted by molar-refractivity contribution is 5.67. The second-order valence-corrected chi connectivity index (χ2v) is 6.87. The fourth-order valence-corrected chi connectivity index (χ4v) is 2.48. The third-order valence-electron chi connectivity index (χ3n) is 3.79. The van der Waals surface area contributed by atoms with Crippen LogP contribution in [-0.4, -0.2) is 23.2 Å². The molecule has 1 heterocycles. The lowest BCUT2D eigenvalue weighted by molar-refractivity contribution is 0.0528. The lowest BCUT2D eigenvalue weighted by Gasteiger charge is -2.19. The number of carbonyl (C=O) groups is 1. The van der Waals surface area contributed by atoms with E-state index in [4.69, 9.17) is 4.74 Å². The maximum absolute atomic E-state index is 11.6. The van der Waals surface area contributed by atoms with Crippen LogP contribution in [0, 0.1) is 11.8 Å². The van der Waals surface area contributed by atoms with Gasteiger partial charge in [-0.2, -0.15) is 0 Å². The van der Waals surface area contributed by atoms with Crippen molar-refractivity contribution >= 4 is 18.2 Å². The average Bonchev–Trinajstić information content (AvgIpc) is 2.70. The van der Waals surface area contributed by atoms with Crippen LogP contribution in [0.4, 0.5) is 4.79 Å². The minimum Gasteiger partial charge on any atom is -0.444 e. The van der Waals surface area contributed by atoms with Gasteiger partial charge >= 0.3 is 6.09 Å². The van der Waals surface area contributed by atoms with Crippen molar-refractivity contribution < 1.29 is 9.53 Å². The molecule has 0 aliphatic heterocycles. The van der Waals surface area contributed by atoms with Gasteiger partial charge in [-0.05, 0) is 49.8 Å². The highest BCUT2D eigenvalue weighted by atomic mass is 16.6. The molecule has 1 unspecified atom stereocenters. The van der Waals surface area contributed by atoms with Crippen LogP contribution in [0.15, 0.2) is 6.20 Å². The quantitative estimate of drug-likeness (QED) is 0.893. The van der Waals surface area contributed by atoms with Crippen molar-refractivity contribution in [2.75, 3.05) is 6.54 Å². The molecule has 2 atom stereocenters. The molecule has 1 aliphatic rings. The molecule has 1 aliphatic carbocycles. The summed E-state index contributed by atoms with van der Waals surface area (Å²) in [5.41, 5.74) is 0.794. The molecular formula is C17H26N2O2. The SMILES string of the molecule is CC1C=c2[nH]cc(CCNC(=O)OC(C)(C)C)c2=C[C@H]1C. The molecule has 21 heavy (non-hydrogen) atoms. The topological polar surface area (TPSA) is 54.1 Å². The van der Waals surface area contributed by atoms with E-state index in [1.807, 2.05) is 27.0 Å². The van der Waals surface area contributed by atoms with Crippen LogP contribution in [0.5, 0.6) is 0 Å². The van der Waals surface area contributed by atoms with Gasteiger partial charge in [0.1, 0.15) is 5.60 Å². The van der Waals surface area contributed by atoms with Crippen LogP contribution in [0.2, 0.25) is 0 Å². The van der Waals surface area contributed by atoms with Crippen LogP contribution in [0.3, 0.4) is 0 Å². The van der Waals surface area contributed by atoms with Gasteiger partial charge in [0.15, 0.2) is 0 Å². The fourth-order valence-electron chi connectivity index (χ4n) is 2.48. The number of aromatic amines is 1. The van der Waals surface area contributed by atoms with Crippen LogP contribution in [0.25, 0.3) is 12.2 Å². The Balaban J connectivity index is 1.96. The number of amides is 1. The molecule has 0 radical (unpaired) electrons. The first kappa shape index (κ1) is 15.7. The van der Waals surface area contributed by atoms with Crippen molar-refractivity contribution in [1.29, 1.82) is 0 Å². The van der Waals surface area contributed by atoms with Crippen molar-refractivity contribution in [2.24, 2.45) is 11.8 Å². The number of fused-ring (bicyclic) bond motifs is 1. The van der Waals surface area contributed by atoms with E-state index >= 15 is 0 Å². The first-order valence-corrected chi connectivity index (χ1v) is 7.63. The summed E-state index contributed by atoms with van der Waals surface area (Å²) in [4.78, 5) is 14.9. The molecule has 1 aromatic heterocycles. The molecule has 1 aromatic rings. The molecule has 0 fully saturated rings.